The molecule has 0 aliphatic carbocycles. The van der Waals surface area contributed by atoms with Crippen molar-refractivity contribution in [1.29, 1.82) is 0 Å². The van der Waals surface area contributed by atoms with Crippen molar-refractivity contribution in [3.05, 3.63) is 57.3 Å². The molecule has 0 radical (unpaired) electrons. The van der Waals surface area contributed by atoms with Crippen molar-refractivity contribution < 1.29 is 4.79 Å². The third-order valence-electron chi connectivity index (χ3n) is 3.87. The Balaban J connectivity index is 1.95. The van der Waals surface area contributed by atoms with Gasteiger partial charge in [0.25, 0.3) is 5.91 Å². The SMILES string of the molecule is CCCNC(c1ccsc1)c1ccc2c(c1)C(=O)NCC2. The second-order valence-electron chi connectivity index (χ2n) is 5.37. The molecule has 2 N–H and O–H groups in total. The van der Waals surface area contributed by atoms with Crippen LogP contribution in [0.3, 0.4) is 0 Å². The van der Waals surface area contributed by atoms with E-state index in [1.165, 1.54) is 5.56 Å². The lowest BCUT2D eigenvalue weighted by Crippen LogP contribution is -2.32. The largest absolute Gasteiger partial charge is 0.352 e. The van der Waals surface area contributed by atoms with Crippen LogP contribution in [0.4, 0.5) is 0 Å². The third kappa shape index (κ3) is 3.01. The predicted molar refractivity (Wildman–Crippen MR) is 86.9 cm³/mol. The zero-order chi connectivity index (χ0) is 14.7. The molecule has 0 fully saturated rings. The van der Waals surface area contributed by atoms with Crippen LogP contribution in [0, 0.1) is 0 Å². The molecule has 0 saturated carbocycles. The molecule has 1 unspecified atom stereocenters. The van der Waals surface area contributed by atoms with E-state index in [9.17, 15) is 4.79 Å². The molecule has 1 aliphatic heterocycles. The monoisotopic (exact) mass is 300 g/mol. The number of carbonyl (C=O) groups is 1. The molecule has 1 atom stereocenters. The van der Waals surface area contributed by atoms with Gasteiger partial charge in [-0.25, -0.2) is 0 Å². The zero-order valence-corrected chi connectivity index (χ0v) is 13.0. The Morgan fingerprint density at radius 3 is 3.00 bits per heavy atom. The first-order chi connectivity index (χ1) is 10.3. The normalized spacial score (nSPS) is 15.4. The van der Waals surface area contributed by atoms with Gasteiger partial charge in [-0.15, -0.1) is 0 Å². The van der Waals surface area contributed by atoms with E-state index in [1.807, 2.05) is 0 Å². The van der Waals surface area contributed by atoms with Crippen molar-refractivity contribution in [2.24, 2.45) is 0 Å². The van der Waals surface area contributed by atoms with Gasteiger partial charge in [-0.3, -0.25) is 4.79 Å². The van der Waals surface area contributed by atoms with Gasteiger partial charge < -0.3 is 10.6 Å². The van der Waals surface area contributed by atoms with Crippen molar-refractivity contribution in [2.75, 3.05) is 13.1 Å². The van der Waals surface area contributed by atoms with Crippen molar-refractivity contribution in [1.82, 2.24) is 10.6 Å². The van der Waals surface area contributed by atoms with E-state index < -0.39 is 0 Å². The lowest BCUT2D eigenvalue weighted by molar-refractivity contribution is 0.0946. The highest BCUT2D eigenvalue weighted by Crippen LogP contribution is 2.27. The van der Waals surface area contributed by atoms with Crippen molar-refractivity contribution >= 4 is 17.2 Å². The predicted octanol–water partition coefficient (Wildman–Crippen LogP) is 3.12. The van der Waals surface area contributed by atoms with Gasteiger partial charge in [0, 0.05) is 12.1 Å². The smallest absolute Gasteiger partial charge is 0.251 e. The first-order valence-corrected chi connectivity index (χ1v) is 8.40. The molecule has 3 nitrogen and oxygen atoms in total. The number of nitrogens with one attached hydrogen (secondary N) is 2. The fourth-order valence-corrected chi connectivity index (χ4v) is 3.45. The molecular weight excluding hydrogens is 280 g/mol. The first kappa shape index (κ1) is 14.3. The highest BCUT2D eigenvalue weighted by molar-refractivity contribution is 7.08. The average Bonchev–Trinajstić information content (AvgIpc) is 3.02. The topological polar surface area (TPSA) is 41.1 Å². The summed E-state index contributed by atoms with van der Waals surface area (Å²) in [5.74, 6) is 0.0534. The van der Waals surface area contributed by atoms with Crippen LogP contribution < -0.4 is 10.6 Å². The number of rotatable bonds is 5. The average molecular weight is 300 g/mol. The molecule has 0 bridgehead atoms. The number of hydrogen-bond donors (Lipinski definition) is 2. The zero-order valence-electron chi connectivity index (χ0n) is 12.2. The van der Waals surface area contributed by atoms with Crippen LogP contribution in [0.2, 0.25) is 0 Å². The minimum atomic E-state index is 0.0534. The Morgan fingerprint density at radius 2 is 2.24 bits per heavy atom. The van der Waals surface area contributed by atoms with Gasteiger partial charge in [0.2, 0.25) is 0 Å². The highest BCUT2D eigenvalue weighted by atomic mass is 32.1. The molecule has 3 rings (SSSR count). The van der Waals surface area contributed by atoms with Crippen molar-refractivity contribution in [3.8, 4) is 0 Å². The van der Waals surface area contributed by atoms with Gasteiger partial charge in [0.15, 0.2) is 0 Å². The number of hydrogen-bond acceptors (Lipinski definition) is 3. The molecule has 1 amide bonds. The maximum Gasteiger partial charge on any atom is 0.251 e. The molecule has 2 heterocycles. The van der Waals surface area contributed by atoms with Crippen LogP contribution in [0.25, 0.3) is 0 Å². The van der Waals surface area contributed by atoms with Crippen LogP contribution in [0.5, 0.6) is 0 Å². The molecule has 1 aromatic carbocycles. The van der Waals surface area contributed by atoms with E-state index in [0.29, 0.717) is 0 Å². The summed E-state index contributed by atoms with van der Waals surface area (Å²) in [4.78, 5) is 12.0. The van der Waals surface area contributed by atoms with Gasteiger partial charge in [-0.2, -0.15) is 11.3 Å². The van der Waals surface area contributed by atoms with Gasteiger partial charge in [-0.05, 0) is 59.0 Å². The lowest BCUT2D eigenvalue weighted by atomic mass is 9.93. The summed E-state index contributed by atoms with van der Waals surface area (Å²) in [6.07, 6.45) is 2.01. The van der Waals surface area contributed by atoms with Crippen LogP contribution in [0.15, 0.2) is 35.0 Å². The van der Waals surface area contributed by atoms with Crippen molar-refractivity contribution in [3.63, 3.8) is 0 Å². The second-order valence-corrected chi connectivity index (χ2v) is 6.15. The number of amides is 1. The summed E-state index contributed by atoms with van der Waals surface area (Å²) in [7, 11) is 0. The molecule has 0 saturated heterocycles. The third-order valence-corrected chi connectivity index (χ3v) is 4.57. The maximum atomic E-state index is 12.0. The Kier molecular flexibility index (Phi) is 4.36. The summed E-state index contributed by atoms with van der Waals surface area (Å²) < 4.78 is 0. The minimum Gasteiger partial charge on any atom is -0.352 e. The standard InChI is InChI=1S/C17H20N2OS/c1-2-7-18-16(14-6-9-21-11-14)13-4-3-12-5-8-19-17(20)15(12)10-13/h3-4,6,9-11,16,18H,2,5,7-8H2,1H3,(H,19,20). The Morgan fingerprint density at radius 1 is 1.33 bits per heavy atom. The molecule has 1 aromatic heterocycles. The molecule has 0 spiro atoms. The van der Waals surface area contributed by atoms with E-state index in [0.717, 1.165) is 42.6 Å². The van der Waals surface area contributed by atoms with E-state index in [4.69, 9.17) is 0 Å². The summed E-state index contributed by atoms with van der Waals surface area (Å²) in [6, 6.07) is 8.63. The van der Waals surface area contributed by atoms with E-state index in [-0.39, 0.29) is 11.9 Å². The number of fused-ring (bicyclic) bond motifs is 1. The Labute approximate surface area is 129 Å². The van der Waals surface area contributed by atoms with E-state index >= 15 is 0 Å². The second kappa shape index (κ2) is 6.41. The maximum absolute atomic E-state index is 12.0. The Hall–Kier alpha value is -1.65. The van der Waals surface area contributed by atoms with E-state index in [2.05, 4.69) is 52.6 Å². The molecule has 110 valence electrons. The van der Waals surface area contributed by atoms with Gasteiger partial charge in [-0.1, -0.05) is 19.1 Å². The van der Waals surface area contributed by atoms with Gasteiger partial charge in [0.1, 0.15) is 0 Å². The molecule has 1 aliphatic rings. The molecule has 21 heavy (non-hydrogen) atoms. The summed E-state index contributed by atoms with van der Waals surface area (Å²) in [5, 5.41) is 10.8. The summed E-state index contributed by atoms with van der Waals surface area (Å²) in [5.41, 5.74) is 4.42. The summed E-state index contributed by atoms with van der Waals surface area (Å²) >= 11 is 1.71. The fourth-order valence-electron chi connectivity index (χ4n) is 2.77. The van der Waals surface area contributed by atoms with Crippen LogP contribution in [-0.2, 0) is 6.42 Å². The Bertz CT molecular complexity index is 622. The van der Waals surface area contributed by atoms with Crippen molar-refractivity contribution in [2.45, 2.75) is 25.8 Å². The number of carbonyl (C=O) groups excluding carboxylic acids is 1. The van der Waals surface area contributed by atoms with E-state index in [1.54, 1.807) is 11.3 Å². The first-order valence-electron chi connectivity index (χ1n) is 7.46. The summed E-state index contributed by atoms with van der Waals surface area (Å²) in [6.45, 7) is 3.87. The minimum absolute atomic E-state index is 0.0534. The quantitative estimate of drug-likeness (QED) is 0.891. The number of benzene rings is 1. The van der Waals surface area contributed by atoms with Crippen LogP contribution in [-0.4, -0.2) is 19.0 Å². The fraction of sp³-hybridized carbons (Fsp3) is 0.353. The molecule has 4 heteroatoms. The van der Waals surface area contributed by atoms with Gasteiger partial charge in [0.05, 0.1) is 6.04 Å². The molecule has 2 aromatic rings. The van der Waals surface area contributed by atoms with Crippen LogP contribution in [0.1, 0.15) is 46.4 Å². The van der Waals surface area contributed by atoms with Crippen LogP contribution >= 0.6 is 11.3 Å². The lowest BCUT2D eigenvalue weighted by Gasteiger charge is -2.22. The number of thiophene rings is 1. The molecular formula is C17H20N2OS. The van der Waals surface area contributed by atoms with Gasteiger partial charge >= 0.3 is 0 Å². The highest BCUT2D eigenvalue weighted by Gasteiger charge is 2.20.